The van der Waals surface area contributed by atoms with Gasteiger partial charge < -0.3 is 15.4 Å². The number of amides is 2. The maximum absolute atomic E-state index is 12.0. The van der Waals surface area contributed by atoms with E-state index < -0.39 is 12.4 Å². The number of rotatable bonds is 3. The fourth-order valence-electron chi connectivity index (χ4n) is 1.58. The molecule has 0 aliphatic rings. The molecule has 22 heavy (non-hydrogen) atoms. The molecule has 0 aliphatic carbocycles. The topological polar surface area (TPSA) is 50.4 Å². The Morgan fingerprint density at radius 2 is 1.36 bits per heavy atom. The van der Waals surface area contributed by atoms with Crippen LogP contribution in [0.25, 0.3) is 0 Å². The van der Waals surface area contributed by atoms with Gasteiger partial charge in [0.2, 0.25) is 0 Å². The first-order valence-corrected chi connectivity index (χ1v) is 6.49. The third kappa shape index (κ3) is 5.21. The predicted molar refractivity (Wildman–Crippen MR) is 79.5 cm³/mol. The molecule has 0 spiro atoms. The molecule has 2 rings (SSSR count). The van der Waals surface area contributed by atoms with Crippen LogP contribution in [0.1, 0.15) is 0 Å². The average molecular weight is 328 g/mol. The number of nitrogens with one attached hydrogen (secondary N) is 2. The van der Waals surface area contributed by atoms with Crippen LogP contribution in [0.15, 0.2) is 53.4 Å². The molecule has 0 radical (unpaired) electrons. The standard InChI is InChI=1S/C14H11F3N2O2S/c15-14(16,17)21-11-5-1-9(2-6-11)18-13(20)19-10-3-7-12(22)8-4-10/h1-8,22H,(H2,18,19,20). The first-order valence-electron chi connectivity index (χ1n) is 6.05. The molecule has 4 nitrogen and oxygen atoms in total. The molecule has 2 aromatic rings. The van der Waals surface area contributed by atoms with Gasteiger partial charge in [0.1, 0.15) is 5.75 Å². The van der Waals surface area contributed by atoms with E-state index in [0.29, 0.717) is 11.4 Å². The van der Waals surface area contributed by atoms with Crippen LogP contribution in [0.4, 0.5) is 29.3 Å². The Bertz CT molecular complexity index is 643. The molecular weight excluding hydrogens is 317 g/mol. The highest BCUT2D eigenvalue weighted by Crippen LogP contribution is 2.24. The Kier molecular flexibility index (Phi) is 4.81. The maximum Gasteiger partial charge on any atom is 0.573 e. The number of carbonyl (C=O) groups excluding carboxylic acids is 1. The predicted octanol–water partition coefficient (Wildman–Crippen LogP) is 4.52. The van der Waals surface area contributed by atoms with Gasteiger partial charge >= 0.3 is 12.4 Å². The van der Waals surface area contributed by atoms with Crippen LogP contribution in [0.2, 0.25) is 0 Å². The Balaban J connectivity index is 1.93. The zero-order valence-corrected chi connectivity index (χ0v) is 11.9. The van der Waals surface area contributed by atoms with E-state index in [4.69, 9.17) is 0 Å². The number of hydrogen-bond acceptors (Lipinski definition) is 3. The smallest absolute Gasteiger partial charge is 0.406 e. The molecule has 116 valence electrons. The molecule has 0 bridgehead atoms. The molecule has 8 heteroatoms. The number of carbonyl (C=O) groups is 1. The highest BCUT2D eigenvalue weighted by Gasteiger charge is 2.30. The van der Waals surface area contributed by atoms with E-state index in [1.807, 2.05) is 0 Å². The Morgan fingerprint density at radius 3 is 1.82 bits per heavy atom. The Hall–Kier alpha value is -2.35. The van der Waals surface area contributed by atoms with Gasteiger partial charge in [-0.2, -0.15) is 0 Å². The van der Waals surface area contributed by atoms with Crippen LogP contribution < -0.4 is 15.4 Å². The summed E-state index contributed by atoms with van der Waals surface area (Å²) in [5.41, 5.74) is 0.894. The monoisotopic (exact) mass is 328 g/mol. The van der Waals surface area contributed by atoms with Crippen molar-refractivity contribution in [3.63, 3.8) is 0 Å². The van der Waals surface area contributed by atoms with Gasteiger partial charge in [0, 0.05) is 16.3 Å². The number of ether oxygens (including phenoxy) is 1. The molecular formula is C14H11F3N2O2S. The lowest BCUT2D eigenvalue weighted by Gasteiger charge is -2.10. The van der Waals surface area contributed by atoms with Crippen molar-refractivity contribution in [3.05, 3.63) is 48.5 Å². The zero-order valence-electron chi connectivity index (χ0n) is 11.0. The number of hydrogen-bond donors (Lipinski definition) is 3. The highest BCUT2D eigenvalue weighted by atomic mass is 32.1. The lowest BCUT2D eigenvalue weighted by Crippen LogP contribution is -2.19. The van der Waals surface area contributed by atoms with E-state index in [1.165, 1.54) is 12.1 Å². The number of thiol groups is 1. The summed E-state index contributed by atoms with van der Waals surface area (Å²) < 4.78 is 39.8. The molecule has 2 amide bonds. The molecule has 0 aromatic heterocycles. The lowest BCUT2D eigenvalue weighted by molar-refractivity contribution is -0.274. The minimum absolute atomic E-state index is 0.331. The molecule has 0 heterocycles. The summed E-state index contributed by atoms with van der Waals surface area (Å²) in [7, 11) is 0. The van der Waals surface area contributed by atoms with Gasteiger partial charge in [-0.25, -0.2) is 4.79 Å². The number of halogens is 3. The van der Waals surface area contributed by atoms with Gasteiger partial charge in [0.25, 0.3) is 0 Å². The first-order chi connectivity index (χ1) is 10.3. The van der Waals surface area contributed by atoms with E-state index >= 15 is 0 Å². The number of benzene rings is 2. The second kappa shape index (κ2) is 6.61. The average Bonchev–Trinajstić information content (AvgIpc) is 2.42. The Morgan fingerprint density at radius 1 is 0.909 bits per heavy atom. The molecule has 0 aliphatic heterocycles. The molecule has 2 N–H and O–H groups in total. The SMILES string of the molecule is O=C(Nc1ccc(S)cc1)Nc1ccc(OC(F)(F)F)cc1. The van der Waals surface area contributed by atoms with Crippen molar-refractivity contribution in [1.29, 1.82) is 0 Å². The summed E-state index contributed by atoms with van der Waals surface area (Å²) in [6, 6.07) is 11.1. The van der Waals surface area contributed by atoms with E-state index in [9.17, 15) is 18.0 Å². The molecule has 2 aromatic carbocycles. The van der Waals surface area contributed by atoms with Gasteiger partial charge in [0.05, 0.1) is 0 Å². The fourth-order valence-corrected chi connectivity index (χ4v) is 1.73. The van der Waals surface area contributed by atoms with Crippen LogP contribution >= 0.6 is 12.6 Å². The summed E-state index contributed by atoms with van der Waals surface area (Å²) in [5, 5.41) is 5.06. The number of urea groups is 1. The van der Waals surface area contributed by atoms with Crippen molar-refractivity contribution >= 4 is 30.0 Å². The fraction of sp³-hybridized carbons (Fsp3) is 0.0714. The number of alkyl halides is 3. The second-order valence-electron chi connectivity index (χ2n) is 4.20. The van der Waals surface area contributed by atoms with E-state index in [1.54, 1.807) is 24.3 Å². The minimum Gasteiger partial charge on any atom is -0.406 e. The van der Waals surface area contributed by atoms with Crippen molar-refractivity contribution in [2.45, 2.75) is 11.3 Å². The van der Waals surface area contributed by atoms with Crippen LogP contribution in [-0.2, 0) is 0 Å². The van der Waals surface area contributed by atoms with Crippen LogP contribution in [0.3, 0.4) is 0 Å². The summed E-state index contributed by atoms with van der Waals surface area (Å²) in [5.74, 6) is -0.358. The van der Waals surface area contributed by atoms with Crippen LogP contribution in [0.5, 0.6) is 5.75 Å². The summed E-state index contributed by atoms with van der Waals surface area (Å²) in [4.78, 5) is 12.5. The van der Waals surface area contributed by atoms with Crippen molar-refractivity contribution in [3.8, 4) is 5.75 Å². The quantitative estimate of drug-likeness (QED) is 0.726. The third-order valence-corrected chi connectivity index (χ3v) is 2.77. The molecule has 0 fully saturated rings. The largest absolute Gasteiger partial charge is 0.573 e. The minimum atomic E-state index is -4.74. The van der Waals surface area contributed by atoms with Crippen molar-refractivity contribution in [2.24, 2.45) is 0 Å². The van der Waals surface area contributed by atoms with Crippen LogP contribution in [-0.4, -0.2) is 12.4 Å². The summed E-state index contributed by atoms with van der Waals surface area (Å²) in [6.45, 7) is 0. The van der Waals surface area contributed by atoms with Gasteiger partial charge in [-0.05, 0) is 48.5 Å². The normalized spacial score (nSPS) is 10.9. The van der Waals surface area contributed by atoms with Crippen molar-refractivity contribution in [1.82, 2.24) is 0 Å². The molecule has 0 saturated heterocycles. The molecule has 0 saturated carbocycles. The van der Waals surface area contributed by atoms with Crippen LogP contribution in [0, 0.1) is 0 Å². The first kappa shape index (κ1) is 16.0. The van der Waals surface area contributed by atoms with Gasteiger partial charge in [-0.3, -0.25) is 0 Å². The van der Waals surface area contributed by atoms with E-state index in [2.05, 4.69) is 28.0 Å². The van der Waals surface area contributed by atoms with Crippen molar-refractivity contribution < 1.29 is 22.7 Å². The summed E-state index contributed by atoms with van der Waals surface area (Å²) in [6.07, 6.45) is -4.74. The van der Waals surface area contributed by atoms with Gasteiger partial charge in [-0.15, -0.1) is 25.8 Å². The van der Waals surface area contributed by atoms with E-state index in [0.717, 1.165) is 17.0 Å². The third-order valence-electron chi connectivity index (χ3n) is 2.47. The number of anilines is 2. The van der Waals surface area contributed by atoms with Gasteiger partial charge in [-0.1, -0.05) is 0 Å². The zero-order chi connectivity index (χ0) is 16.2. The second-order valence-corrected chi connectivity index (χ2v) is 4.71. The molecule has 0 atom stereocenters. The van der Waals surface area contributed by atoms with E-state index in [-0.39, 0.29) is 5.75 Å². The highest BCUT2D eigenvalue weighted by molar-refractivity contribution is 7.80. The molecule has 0 unspecified atom stereocenters. The maximum atomic E-state index is 12.0. The summed E-state index contributed by atoms with van der Waals surface area (Å²) >= 11 is 4.12. The van der Waals surface area contributed by atoms with Crippen molar-refractivity contribution in [2.75, 3.05) is 10.6 Å². The lowest BCUT2D eigenvalue weighted by atomic mass is 10.3. The van der Waals surface area contributed by atoms with Gasteiger partial charge in [0.15, 0.2) is 0 Å². The Labute approximate surface area is 129 Å².